The van der Waals surface area contributed by atoms with E-state index in [9.17, 15) is 4.79 Å². The van der Waals surface area contributed by atoms with Gasteiger partial charge in [-0.25, -0.2) is 0 Å². The predicted molar refractivity (Wildman–Crippen MR) is 70.7 cm³/mol. The lowest BCUT2D eigenvalue weighted by atomic mass is 10.0. The number of hydrogen-bond acceptors (Lipinski definition) is 3. The third-order valence-electron chi connectivity index (χ3n) is 2.87. The number of carbonyl (C=O) groups excluding carboxylic acids is 1. The van der Waals surface area contributed by atoms with E-state index < -0.39 is 0 Å². The van der Waals surface area contributed by atoms with Crippen molar-refractivity contribution in [3.05, 3.63) is 29.8 Å². The molecule has 1 atom stereocenters. The lowest BCUT2D eigenvalue weighted by molar-refractivity contribution is -0.118. The maximum atomic E-state index is 10.8. The largest absolute Gasteiger partial charge is 0.372 e. The molecule has 0 saturated heterocycles. The summed E-state index contributed by atoms with van der Waals surface area (Å²) in [6.07, 6.45) is 0.185. The Labute approximate surface area is 103 Å². The Morgan fingerprint density at radius 1 is 1.24 bits per heavy atom. The Hall–Kier alpha value is -1.55. The molecule has 0 spiro atoms. The van der Waals surface area contributed by atoms with Gasteiger partial charge >= 0.3 is 0 Å². The first kappa shape index (κ1) is 13.5. The summed E-state index contributed by atoms with van der Waals surface area (Å²) in [5, 5.41) is 0. The maximum absolute atomic E-state index is 10.8. The van der Waals surface area contributed by atoms with E-state index in [-0.39, 0.29) is 18.4 Å². The Kier molecular flexibility index (Phi) is 4.97. The summed E-state index contributed by atoms with van der Waals surface area (Å²) in [5.41, 5.74) is 13.1. The second-order valence-corrected chi connectivity index (χ2v) is 4.04. The van der Waals surface area contributed by atoms with Crippen LogP contribution in [0, 0.1) is 0 Å². The lowest BCUT2D eigenvalue weighted by Gasteiger charge is -2.21. The molecule has 1 aromatic rings. The van der Waals surface area contributed by atoms with Crippen LogP contribution in [0.1, 0.15) is 31.9 Å². The molecule has 4 N–H and O–H groups in total. The Balaban J connectivity index is 2.76. The van der Waals surface area contributed by atoms with Crippen LogP contribution in [0.5, 0.6) is 0 Å². The third-order valence-corrected chi connectivity index (χ3v) is 2.87. The van der Waals surface area contributed by atoms with E-state index in [1.54, 1.807) is 0 Å². The summed E-state index contributed by atoms with van der Waals surface area (Å²) in [6, 6.07) is 7.67. The van der Waals surface area contributed by atoms with Gasteiger partial charge in [0.25, 0.3) is 0 Å². The first-order chi connectivity index (χ1) is 8.08. The van der Waals surface area contributed by atoms with Crippen molar-refractivity contribution in [3.8, 4) is 0 Å². The van der Waals surface area contributed by atoms with Gasteiger partial charge in [-0.15, -0.1) is 0 Å². The van der Waals surface area contributed by atoms with E-state index in [2.05, 4.69) is 18.7 Å². The van der Waals surface area contributed by atoms with Crippen LogP contribution in [-0.4, -0.2) is 19.0 Å². The average molecular weight is 235 g/mol. The SMILES string of the molecule is CCN(CC)c1ccc(C(N)CC(N)=O)cc1. The van der Waals surface area contributed by atoms with Crippen molar-refractivity contribution in [3.63, 3.8) is 0 Å². The highest BCUT2D eigenvalue weighted by atomic mass is 16.1. The van der Waals surface area contributed by atoms with Crippen LogP contribution in [0.4, 0.5) is 5.69 Å². The topological polar surface area (TPSA) is 72.3 Å². The van der Waals surface area contributed by atoms with Gasteiger partial charge in [-0.2, -0.15) is 0 Å². The summed E-state index contributed by atoms with van der Waals surface area (Å²) in [6.45, 7) is 6.19. The van der Waals surface area contributed by atoms with Crippen LogP contribution in [0.3, 0.4) is 0 Å². The molecule has 0 fully saturated rings. The molecule has 1 aromatic carbocycles. The summed E-state index contributed by atoms with van der Waals surface area (Å²) >= 11 is 0. The Morgan fingerprint density at radius 3 is 2.18 bits per heavy atom. The van der Waals surface area contributed by atoms with Gasteiger partial charge in [-0.1, -0.05) is 12.1 Å². The molecule has 0 aliphatic rings. The number of rotatable bonds is 6. The molecule has 0 radical (unpaired) electrons. The normalized spacial score (nSPS) is 12.2. The molecule has 4 nitrogen and oxygen atoms in total. The lowest BCUT2D eigenvalue weighted by Crippen LogP contribution is -2.22. The molecule has 0 aliphatic carbocycles. The average Bonchev–Trinajstić information content (AvgIpc) is 2.30. The molecule has 1 unspecified atom stereocenters. The van der Waals surface area contributed by atoms with E-state index in [0.717, 1.165) is 18.7 Å². The summed E-state index contributed by atoms with van der Waals surface area (Å²) in [4.78, 5) is 13.0. The van der Waals surface area contributed by atoms with Crippen LogP contribution in [0.25, 0.3) is 0 Å². The fourth-order valence-electron chi connectivity index (χ4n) is 1.86. The highest BCUT2D eigenvalue weighted by Gasteiger charge is 2.09. The molecule has 1 rings (SSSR count). The fraction of sp³-hybridized carbons (Fsp3) is 0.462. The number of primary amides is 1. The summed E-state index contributed by atoms with van der Waals surface area (Å²) in [7, 11) is 0. The van der Waals surface area contributed by atoms with Crippen molar-refractivity contribution in [1.29, 1.82) is 0 Å². The van der Waals surface area contributed by atoms with Crippen molar-refractivity contribution >= 4 is 11.6 Å². The molecule has 94 valence electrons. The van der Waals surface area contributed by atoms with Gasteiger partial charge in [0, 0.05) is 31.2 Å². The minimum Gasteiger partial charge on any atom is -0.372 e. The van der Waals surface area contributed by atoms with E-state index >= 15 is 0 Å². The van der Waals surface area contributed by atoms with E-state index in [4.69, 9.17) is 11.5 Å². The Morgan fingerprint density at radius 2 is 1.76 bits per heavy atom. The quantitative estimate of drug-likeness (QED) is 0.783. The van der Waals surface area contributed by atoms with Crippen molar-refractivity contribution in [2.24, 2.45) is 11.5 Å². The number of carbonyl (C=O) groups is 1. The van der Waals surface area contributed by atoms with E-state index in [1.165, 1.54) is 5.69 Å². The number of anilines is 1. The van der Waals surface area contributed by atoms with Gasteiger partial charge in [0.05, 0.1) is 0 Å². The molecule has 0 heterocycles. The first-order valence-electron chi connectivity index (χ1n) is 5.97. The standard InChI is InChI=1S/C13H21N3O/c1-3-16(4-2)11-7-5-10(6-8-11)12(14)9-13(15)17/h5-8,12H,3-4,9,14H2,1-2H3,(H2,15,17). The molecule has 0 aromatic heterocycles. The minimum atomic E-state index is -0.370. The summed E-state index contributed by atoms with van der Waals surface area (Å²) in [5.74, 6) is -0.370. The summed E-state index contributed by atoms with van der Waals surface area (Å²) < 4.78 is 0. The minimum absolute atomic E-state index is 0.185. The highest BCUT2D eigenvalue weighted by Crippen LogP contribution is 2.19. The van der Waals surface area contributed by atoms with Crippen molar-refractivity contribution < 1.29 is 4.79 Å². The van der Waals surface area contributed by atoms with Crippen molar-refractivity contribution in [2.75, 3.05) is 18.0 Å². The first-order valence-corrected chi connectivity index (χ1v) is 5.97. The van der Waals surface area contributed by atoms with Crippen LogP contribution >= 0.6 is 0 Å². The molecule has 1 amide bonds. The highest BCUT2D eigenvalue weighted by molar-refractivity contribution is 5.74. The van der Waals surface area contributed by atoms with Gasteiger partial charge in [-0.3, -0.25) is 4.79 Å². The van der Waals surface area contributed by atoms with E-state index in [1.807, 2.05) is 24.3 Å². The number of nitrogens with two attached hydrogens (primary N) is 2. The van der Waals surface area contributed by atoms with Gasteiger partial charge in [0.15, 0.2) is 0 Å². The van der Waals surface area contributed by atoms with Crippen LogP contribution in [-0.2, 0) is 4.79 Å². The van der Waals surface area contributed by atoms with E-state index in [0.29, 0.717) is 0 Å². The Bertz CT molecular complexity index is 357. The zero-order valence-corrected chi connectivity index (χ0v) is 10.5. The number of benzene rings is 1. The predicted octanol–water partition coefficient (Wildman–Crippen LogP) is 1.41. The van der Waals surface area contributed by atoms with Crippen molar-refractivity contribution in [1.82, 2.24) is 0 Å². The van der Waals surface area contributed by atoms with Crippen LogP contribution < -0.4 is 16.4 Å². The number of nitrogens with zero attached hydrogens (tertiary/aromatic N) is 1. The molecular weight excluding hydrogens is 214 g/mol. The maximum Gasteiger partial charge on any atom is 0.219 e. The van der Waals surface area contributed by atoms with Gasteiger partial charge in [0.1, 0.15) is 0 Å². The zero-order valence-electron chi connectivity index (χ0n) is 10.5. The molecule has 0 aliphatic heterocycles. The zero-order chi connectivity index (χ0) is 12.8. The number of hydrogen-bond donors (Lipinski definition) is 2. The molecule has 0 bridgehead atoms. The monoisotopic (exact) mass is 235 g/mol. The molecule has 17 heavy (non-hydrogen) atoms. The smallest absolute Gasteiger partial charge is 0.219 e. The number of amides is 1. The van der Waals surface area contributed by atoms with Crippen LogP contribution in [0.2, 0.25) is 0 Å². The molecule has 4 heteroatoms. The fourth-order valence-corrected chi connectivity index (χ4v) is 1.86. The molecular formula is C13H21N3O. The third kappa shape index (κ3) is 3.75. The second kappa shape index (κ2) is 6.25. The van der Waals surface area contributed by atoms with Crippen LogP contribution in [0.15, 0.2) is 24.3 Å². The molecule has 0 saturated carbocycles. The second-order valence-electron chi connectivity index (χ2n) is 4.04. The van der Waals surface area contributed by atoms with Crippen molar-refractivity contribution in [2.45, 2.75) is 26.3 Å². The van der Waals surface area contributed by atoms with Gasteiger partial charge in [-0.05, 0) is 31.5 Å². The van der Waals surface area contributed by atoms with Gasteiger partial charge in [0.2, 0.25) is 5.91 Å². The van der Waals surface area contributed by atoms with Gasteiger partial charge < -0.3 is 16.4 Å².